The molecule has 0 saturated carbocycles. The number of hydrogen-bond acceptors (Lipinski definition) is 16. The first-order valence-electron chi connectivity index (χ1n) is 27.0. The summed E-state index contributed by atoms with van der Waals surface area (Å²) in [6, 6.07) is 20.4. The predicted molar refractivity (Wildman–Crippen MR) is 311 cm³/mol. The Kier molecular flexibility index (Phi) is 12.9. The lowest BCUT2D eigenvalue weighted by molar-refractivity contribution is -0.663. The average Bonchev–Trinajstić information content (AvgIpc) is 2.12. The summed E-state index contributed by atoms with van der Waals surface area (Å²) in [5, 5.41) is 3.84. The van der Waals surface area contributed by atoms with Gasteiger partial charge < -0.3 is 35.3 Å². The van der Waals surface area contributed by atoms with Gasteiger partial charge in [-0.1, -0.05) is 28.2 Å². The van der Waals surface area contributed by atoms with E-state index in [0.717, 1.165) is 122 Å². The molecule has 12 heterocycles. The Bertz CT molecular complexity index is 4840. The van der Waals surface area contributed by atoms with Crippen molar-refractivity contribution in [2.45, 2.75) is 55.4 Å². The summed E-state index contributed by atoms with van der Waals surface area (Å²) in [6.07, 6.45) is 18.2. The molecule has 0 radical (unpaired) electrons. The Hall–Kier alpha value is -10.8. The van der Waals surface area contributed by atoms with Gasteiger partial charge in [-0.05, 0) is 80.3 Å². The molecule has 4 aromatic carbocycles. The molecular weight excluding hydrogens is 1060 g/mol. The van der Waals surface area contributed by atoms with Crippen LogP contribution in [0.3, 0.4) is 0 Å². The molecule has 20 nitrogen and oxygen atoms in total. The summed E-state index contributed by atoms with van der Waals surface area (Å²) < 4.78 is 53.9. The van der Waals surface area contributed by atoms with Crippen molar-refractivity contribution in [2.75, 3.05) is 0 Å². The molecule has 16 aromatic rings. The Morgan fingerprint density at radius 3 is 1.31 bits per heavy atom. The number of benzene rings is 4. The smallest absolute Gasteiger partial charge is 0.319 e. The minimum Gasteiger partial charge on any atom is -0.437 e. The molecule has 0 bridgehead atoms. The molecule has 0 aliphatic carbocycles. The minimum absolute atomic E-state index is 0.473. The number of aryl methyl sites for hydroxylation is 12. The summed E-state index contributed by atoms with van der Waals surface area (Å²) in [5.41, 5.74) is 20.1. The van der Waals surface area contributed by atoms with Gasteiger partial charge in [0.1, 0.15) is 43.5 Å². The largest absolute Gasteiger partial charge is 0.437 e. The van der Waals surface area contributed by atoms with E-state index < -0.39 is 0 Å². The van der Waals surface area contributed by atoms with Crippen molar-refractivity contribution in [3.63, 3.8) is 0 Å². The van der Waals surface area contributed by atoms with Gasteiger partial charge in [-0.25, -0.2) is 19.1 Å². The van der Waals surface area contributed by atoms with E-state index in [-0.39, 0.29) is 0 Å². The van der Waals surface area contributed by atoms with E-state index in [9.17, 15) is 0 Å². The second-order valence-corrected chi connectivity index (χ2v) is 20.7. The maximum atomic E-state index is 5.96. The van der Waals surface area contributed by atoms with Gasteiger partial charge >= 0.3 is 11.6 Å². The lowest BCUT2D eigenvalue weighted by atomic mass is 10.0. The average molecular weight is 1120 g/mol. The highest BCUT2D eigenvalue weighted by atomic mass is 16.5. The molecular formula is C64H56N12O8+4. The number of hydrogen-bond donors (Lipinski definition) is 0. The molecule has 0 unspecified atom stereocenters. The molecule has 416 valence electrons. The highest BCUT2D eigenvalue weighted by Gasteiger charge is 2.26. The van der Waals surface area contributed by atoms with Crippen molar-refractivity contribution in [3.05, 3.63) is 169 Å². The highest BCUT2D eigenvalue weighted by molar-refractivity contribution is 6.08. The molecule has 84 heavy (non-hydrogen) atoms. The molecule has 0 saturated heterocycles. The summed E-state index contributed by atoms with van der Waals surface area (Å²) in [5.74, 6) is 3.41. The maximum Gasteiger partial charge on any atom is 0.319 e. The fraction of sp³-hybridized carbons (Fsp3) is 0.188. The van der Waals surface area contributed by atoms with Crippen molar-refractivity contribution in [1.82, 2.24) is 39.9 Å². The van der Waals surface area contributed by atoms with E-state index in [1.165, 1.54) is 0 Å². The summed E-state index contributed by atoms with van der Waals surface area (Å²) in [6.45, 7) is 15.5. The molecule has 0 spiro atoms. The van der Waals surface area contributed by atoms with Gasteiger partial charge in [0.25, 0.3) is 24.1 Å². The van der Waals surface area contributed by atoms with Gasteiger partial charge in [-0.15, -0.1) is 0 Å². The molecule has 0 atom stereocenters. The van der Waals surface area contributed by atoms with Crippen molar-refractivity contribution in [1.29, 1.82) is 0 Å². The van der Waals surface area contributed by atoms with Crippen LogP contribution in [0.25, 0.3) is 134 Å². The number of oxazole rings is 4. The fourth-order valence-electron chi connectivity index (χ4n) is 10.8. The van der Waals surface area contributed by atoms with Gasteiger partial charge in [0.15, 0.2) is 63.7 Å². The molecule has 16 rings (SSSR count). The third kappa shape index (κ3) is 9.13. The lowest BCUT2D eigenvalue weighted by Crippen LogP contribution is -2.31. The lowest BCUT2D eigenvalue weighted by Gasteiger charge is -2.06. The second kappa shape index (κ2) is 20.7. The van der Waals surface area contributed by atoms with Crippen molar-refractivity contribution in [2.24, 2.45) is 28.2 Å². The van der Waals surface area contributed by atoms with Crippen molar-refractivity contribution < 1.29 is 53.6 Å². The predicted octanol–water partition coefficient (Wildman–Crippen LogP) is 12.3. The fourth-order valence-corrected chi connectivity index (χ4v) is 10.8. The van der Waals surface area contributed by atoms with Crippen LogP contribution >= 0.6 is 0 Å². The first kappa shape index (κ1) is 52.6. The first-order valence-corrected chi connectivity index (χ1v) is 27.0. The summed E-state index contributed by atoms with van der Waals surface area (Å²) >= 11 is 0. The van der Waals surface area contributed by atoms with E-state index in [2.05, 4.69) is 91.8 Å². The van der Waals surface area contributed by atoms with Gasteiger partial charge in [0.2, 0.25) is 22.6 Å². The minimum atomic E-state index is 0.473. The van der Waals surface area contributed by atoms with Crippen LogP contribution < -0.4 is 18.3 Å². The van der Waals surface area contributed by atoms with Crippen LogP contribution in [0.15, 0.2) is 158 Å². The highest BCUT2D eigenvalue weighted by Crippen LogP contribution is 2.40. The molecule has 0 N–H and O–H groups in total. The molecule has 0 aliphatic heterocycles. The molecule has 12 aromatic heterocycles. The maximum absolute atomic E-state index is 5.96. The van der Waals surface area contributed by atoms with Crippen LogP contribution in [0.1, 0.15) is 45.8 Å². The standard InChI is InChI=1S/4C16H14N3O2/c1-9-6-12-14(21-16-15(12)18-10(2)20-16)7-11(9)13-4-5-17-8-19(13)3;1-9-4-5-11-14-16(20-10(2)18-14)21-15(11)13(9)12-8-17-6-7-19(12)3;1-9-4-5-11-14(21-16-15(11)20-10(2)18-16)13(9)12-8-17-6-7-19(12)3;1-9-4-5-11-14(21-16-15(11)20-10(2)18-16)13(9)12-6-7-17-8-19(12)3/h4*4-8H,1-3H3/q4*+1. The first-order chi connectivity index (χ1) is 40.6. The van der Waals surface area contributed by atoms with Gasteiger partial charge in [0.05, 0.1) is 77.1 Å². The van der Waals surface area contributed by atoms with Crippen LogP contribution in [0.5, 0.6) is 0 Å². The van der Waals surface area contributed by atoms with Gasteiger partial charge in [-0.3, -0.25) is 9.97 Å². The quantitative estimate of drug-likeness (QED) is 0.149. The number of furan rings is 4. The zero-order chi connectivity index (χ0) is 58.2. The SMILES string of the molecule is Cc1nc2c(o1)oc1c(-c3cncc[n+]3C)c(C)ccc12.Cc1nc2c(o1)oc1cc(-c3ccnc[n+]3C)c(C)cc12.Cc1nc2oc3c(-c4ccnc[n+]4C)c(C)ccc3c2o1.Cc1nc2oc3c(-c4cncc[n+]4C)c(C)ccc3c2o1. The summed E-state index contributed by atoms with van der Waals surface area (Å²) in [4.78, 5) is 34.0. The third-order valence-corrected chi connectivity index (χ3v) is 14.9. The van der Waals surface area contributed by atoms with Gasteiger partial charge in [0, 0.05) is 45.4 Å². The topological polar surface area (TPSA) is 224 Å². The zero-order valence-electron chi connectivity index (χ0n) is 48.2. The zero-order valence-corrected chi connectivity index (χ0v) is 48.2. The number of nitrogens with zero attached hydrogens (tertiary/aromatic N) is 12. The van der Waals surface area contributed by atoms with E-state index >= 15 is 0 Å². The Morgan fingerprint density at radius 2 is 0.798 bits per heavy atom. The normalized spacial score (nSPS) is 11.6. The summed E-state index contributed by atoms with van der Waals surface area (Å²) in [7, 11) is 7.93. The van der Waals surface area contributed by atoms with Crippen molar-refractivity contribution >= 4 is 89.1 Å². The van der Waals surface area contributed by atoms with Gasteiger partial charge in [-0.2, -0.15) is 19.1 Å². The molecule has 20 heteroatoms. The number of aromatic nitrogens is 12. The van der Waals surface area contributed by atoms with Crippen LogP contribution in [0.2, 0.25) is 0 Å². The van der Waals surface area contributed by atoms with E-state index in [1.807, 2.05) is 135 Å². The molecule has 0 amide bonds. The Labute approximate surface area is 478 Å². The van der Waals surface area contributed by atoms with Crippen LogP contribution in [0, 0.1) is 55.4 Å². The molecule has 0 fully saturated rings. The van der Waals surface area contributed by atoms with Crippen LogP contribution in [0.4, 0.5) is 0 Å². The van der Waals surface area contributed by atoms with Crippen LogP contribution in [-0.4, -0.2) is 39.9 Å². The third-order valence-electron chi connectivity index (χ3n) is 14.9. The second-order valence-electron chi connectivity index (χ2n) is 20.7. The van der Waals surface area contributed by atoms with Crippen molar-refractivity contribution in [3.8, 4) is 45.0 Å². The van der Waals surface area contributed by atoms with E-state index in [1.54, 1.807) is 37.4 Å². The van der Waals surface area contributed by atoms with Crippen LogP contribution in [-0.2, 0) is 28.2 Å². The Morgan fingerprint density at radius 1 is 0.345 bits per heavy atom. The monoisotopic (exact) mass is 1120 g/mol. The number of rotatable bonds is 4. The molecule has 0 aliphatic rings. The number of fused-ring (bicyclic) bond motifs is 12. The van der Waals surface area contributed by atoms with E-state index in [0.29, 0.717) is 57.7 Å². The Balaban J connectivity index is 0.000000104. The van der Waals surface area contributed by atoms with E-state index in [4.69, 9.17) is 35.3 Å².